The minimum absolute atomic E-state index is 0.649. The number of ether oxygens (including phenoxy) is 1. The van der Waals surface area contributed by atoms with Gasteiger partial charge in [-0.25, -0.2) is 4.98 Å². The molecule has 1 heterocycles. The van der Waals surface area contributed by atoms with E-state index in [1.807, 2.05) is 30.5 Å². The number of benzene rings is 1. The van der Waals surface area contributed by atoms with Gasteiger partial charge in [-0.2, -0.15) is 0 Å². The molecule has 0 fully saturated rings. The normalized spacial score (nSPS) is 10.6. The quantitative estimate of drug-likeness (QED) is 0.723. The standard InChI is InChI=1S/C14H16ClNOS/c1-3-4-7-17-13-6-5-11(8-12(13)15)14-16-10(2)9-18-14/h5-6,8-9H,3-4,7H2,1-2H3. The number of nitrogens with zero attached hydrogens (tertiary/aromatic N) is 1. The number of thiazole rings is 1. The van der Waals surface area contributed by atoms with Crippen LogP contribution in [0.25, 0.3) is 10.6 Å². The summed E-state index contributed by atoms with van der Waals surface area (Å²) in [5.41, 5.74) is 2.08. The number of rotatable bonds is 5. The number of hydrogen-bond donors (Lipinski definition) is 0. The second-order valence-corrected chi connectivity index (χ2v) is 5.41. The van der Waals surface area contributed by atoms with E-state index in [2.05, 4.69) is 11.9 Å². The van der Waals surface area contributed by atoms with Gasteiger partial charge in [0, 0.05) is 16.6 Å². The Bertz CT molecular complexity index is 524. The van der Waals surface area contributed by atoms with Gasteiger partial charge in [0.1, 0.15) is 10.8 Å². The van der Waals surface area contributed by atoms with E-state index < -0.39 is 0 Å². The van der Waals surface area contributed by atoms with Crippen LogP contribution < -0.4 is 4.74 Å². The molecular weight excluding hydrogens is 266 g/mol. The topological polar surface area (TPSA) is 22.1 Å². The maximum atomic E-state index is 6.22. The third kappa shape index (κ3) is 3.24. The second-order valence-electron chi connectivity index (χ2n) is 4.14. The van der Waals surface area contributed by atoms with Gasteiger partial charge in [-0.05, 0) is 31.5 Å². The van der Waals surface area contributed by atoms with Crippen molar-refractivity contribution in [3.63, 3.8) is 0 Å². The Kier molecular flexibility index (Phi) is 4.61. The van der Waals surface area contributed by atoms with E-state index in [0.29, 0.717) is 11.6 Å². The Morgan fingerprint density at radius 2 is 2.22 bits per heavy atom. The highest BCUT2D eigenvalue weighted by atomic mass is 35.5. The molecule has 96 valence electrons. The van der Waals surface area contributed by atoms with Gasteiger partial charge in [0.25, 0.3) is 0 Å². The van der Waals surface area contributed by atoms with Crippen LogP contribution in [0, 0.1) is 6.92 Å². The average molecular weight is 282 g/mol. The number of aromatic nitrogens is 1. The lowest BCUT2D eigenvalue weighted by Crippen LogP contribution is -1.96. The van der Waals surface area contributed by atoms with E-state index in [9.17, 15) is 0 Å². The maximum Gasteiger partial charge on any atom is 0.137 e. The fourth-order valence-corrected chi connectivity index (χ4v) is 2.59. The first-order chi connectivity index (χ1) is 8.70. The Morgan fingerprint density at radius 3 is 2.83 bits per heavy atom. The Morgan fingerprint density at radius 1 is 1.39 bits per heavy atom. The van der Waals surface area contributed by atoms with Crippen molar-refractivity contribution in [2.45, 2.75) is 26.7 Å². The van der Waals surface area contributed by atoms with Crippen LogP contribution in [-0.2, 0) is 0 Å². The van der Waals surface area contributed by atoms with Crippen molar-refractivity contribution in [2.24, 2.45) is 0 Å². The first-order valence-corrected chi connectivity index (χ1v) is 7.31. The van der Waals surface area contributed by atoms with E-state index in [-0.39, 0.29) is 0 Å². The van der Waals surface area contributed by atoms with Crippen molar-refractivity contribution in [1.82, 2.24) is 4.98 Å². The van der Waals surface area contributed by atoms with Gasteiger partial charge in [-0.3, -0.25) is 0 Å². The SMILES string of the molecule is CCCCOc1ccc(-c2nc(C)cs2)cc1Cl. The van der Waals surface area contributed by atoms with Crippen LogP contribution >= 0.6 is 22.9 Å². The third-order valence-electron chi connectivity index (χ3n) is 2.55. The van der Waals surface area contributed by atoms with Gasteiger partial charge in [0.2, 0.25) is 0 Å². The van der Waals surface area contributed by atoms with Gasteiger partial charge in [-0.15, -0.1) is 11.3 Å². The van der Waals surface area contributed by atoms with Crippen molar-refractivity contribution in [3.8, 4) is 16.3 Å². The molecule has 1 aromatic heterocycles. The molecule has 0 saturated carbocycles. The van der Waals surface area contributed by atoms with Crippen LogP contribution in [0.15, 0.2) is 23.6 Å². The smallest absolute Gasteiger partial charge is 0.137 e. The summed E-state index contributed by atoms with van der Waals surface area (Å²) in [5.74, 6) is 0.752. The Hall–Kier alpha value is -1.06. The lowest BCUT2D eigenvalue weighted by atomic mass is 10.2. The number of aryl methyl sites for hydroxylation is 1. The van der Waals surface area contributed by atoms with E-state index in [1.54, 1.807) is 11.3 Å². The van der Waals surface area contributed by atoms with Crippen LogP contribution in [-0.4, -0.2) is 11.6 Å². The summed E-state index contributed by atoms with van der Waals surface area (Å²) < 4.78 is 5.62. The summed E-state index contributed by atoms with van der Waals surface area (Å²) in [6.45, 7) is 4.84. The molecule has 0 radical (unpaired) electrons. The van der Waals surface area contributed by atoms with Gasteiger partial charge < -0.3 is 4.74 Å². The van der Waals surface area contributed by atoms with E-state index in [4.69, 9.17) is 16.3 Å². The molecule has 0 N–H and O–H groups in total. The molecule has 0 saturated heterocycles. The van der Waals surface area contributed by atoms with Crippen molar-refractivity contribution in [3.05, 3.63) is 34.3 Å². The van der Waals surface area contributed by atoms with E-state index in [1.165, 1.54) is 0 Å². The first-order valence-electron chi connectivity index (χ1n) is 6.05. The van der Waals surface area contributed by atoms with Gasteiger partial charge in [0.05, 0.1) is 11.6 Å². The highest BCUT2D eigenvalue weighted by Crippen LogP contribution is 2.31. The van der Waals surface area contributed by atoms with Gasteiger partial charge >= 0.3 is 0 Å². The predicted octanol–water partition coefficient (Wildman–Crippen LogP) is 4.95. The third-order valence-corrected chi connectivity index (χ3v) is 3.86. The fourth-order valence-electron chi connectivity index (χ4n) is 1.56. The first kappa shape index (κ1) is 13.4. The molecule has 1 aromatic carbocycles. The molecule has 0 atom stereocenters. The molecule has 2 nitrogen and oxygen atoms in total. The largest absolute Gasteiger partial charge is 0.492 e. The summed E-state index contributed by atoms with van der Waals surface area (Å²) in [7, 11) is 0. The van der Waals surface area contributed by atoms with Crippen LogP contribution in [0.4, 0.5) is 0 Å². The number of hydrogen-bond acceptors (Lipinski definition) is 3. The molecule has 0 unspecified atom stereocenters. The maximum absolute atomic E-state index is 6.22. The molecule has 0 spiro atoms. The molecule has 2 aromatic rings. The molecule has 2 rings (SSSR count). The minimum atomic E-state index is 0.649. The molecule has 0 aliphatic rings. The minimum Gasteiger partial charge on any atom is -0.492 e. The molecule has 0 amide bonds. The highest BCUT2D eigenvalue weighted by Gasteiger charge is 2.07. The summed E-state index contributed by atoms with van der Waals surface area (Å²) in [4.78, 5) is 4.45. The van der Waals surface area contributed by atoms with Crippen LogP contribution in [0.2, 0.25) is 5.02 Å². The predicted molar refractivity (Wildman–Crippen MR) is 77.7 cm³/mol. The second kappa shape index (κ2) is 6.21. The van der Waals surface area contributed by atoms with Crippen LogP contribution in [0.5, 0.6) is 5.75 Å². The van der Waals surface area contributed by atoms with Gasteiger partial charge in [0.15, 0.2) is 0 Å². The molecular formula is C14H16ClNOS. The highest BCUT2D eigenvalue weighted by molar-refractivity contribution is 7.13. The van der Waals surface area contributed by atoms with E-state index in [0.717, 1.165) is 34.9 Å². The van der Waals surface area contributed by atoms with E-state index >= 15 is 0 Å². The fraction of sp³-hybridized carbons (Fsp3) is 0.357. The van der Waals surface area contributed by atoms with Gasteiger partial charge in [-0.1, -0.05) is 24.9 Å². The number of halogens is 1. The van der Waals surface area contributed by atoms with Crippen LogP contribution in [0.1, 0.15) is 25.5 Å². The van der Waals surface area contributed by atoms with Crippen molar-refractivity contribution in [1.29, 1.82) is 0 Å². The molecule has 4 heteroatoms. The molecule has 18 heavy (non-hydrogen) atoms. The van der Waals surface area contributed by atoms with Crippen LogP contribution in [0.3, 0.4) is 0 Å². The summed E-state index contributed by atoms with van der Waals surface area (Å²) >= 11 is 7.84. The lowest BCUT2D eigenvalue weighted by Gasteiger charge is -2.08. The number of unbranched alkanes of at least 4 members (excludes halogenated alkanes) is 1. The molecule has 0 aliphatic heterocycles. The zero-order valence-corrected chi connectivity index (χ0v) is 12.1. The van der Waals surface area contributed by atoms with Crippen molar-refractivity contribution < 1.29 is 4.74 Å². The zero-order valence-electron chi connectivity index (χ0n) is 10.6. The molecule has 0 bridgehead atoms. The Labute approximate surface area is 117 Å². The van der Waals surface area contributed by atoms with Crippen molar-refractivity contribution in [2.75, 3.05) is 6.61 Å². The van der Waals surface area contributed by atoms with Crippen molar-refractivity contribution >= 4 is 22.9 Å². The summed E-state index contributed by atoms with van der Waals surface area (Å²) in [6.07, 6.45) is 2.16. The monoisotopic (exact) mass is 281 g/mol. The average Bonchev–Trinajstić information content (AvgIpc) is 2.78. The summed E-state index contributed by atoms with van der Waals surface area (Å²) in [6, 6.07) is 5.84. The zero-order chi connectivity index (χ0) is 13.0. The lowest BCUT2D eigenvalue weighted by molar-refractivity contribution is 0.309. The Balaban J connectivity index is 2.14. The molecule has 0 aliphatic carbocycles. The summed E-state index contributed by atoms with van der Waals surface area (Å²) in [5, 5.41) is 3.68.